The van der Waals surface area contributed by atoms with Gasteiger partial charge in [-0.15, -0.1) is 0 Å². The highest BCUT2D eigenvalue weighted by atomic mass is 16.1. The highest BCUT2D eigenvalue weighted by molar-refractivity contribution is 5.76. The number of carbonyl (C=O) groups excluding carboxylic acids is 1. The zero-order valence-electron chi connectivity index (χ0n) is 11.7. The molecule has 0 spiro atoms. The van der Waals surface area contributed by atoms with Crippen molar-refractivity contribution < 1.29 is 4.79 Å². The Morgan fingerprint density at radius 3 is 2.95 bits per heavy atom. The quantitative estimate of drug-likeness (QED) is 0.873. The molecule has 0 radical (unpaired) electrons. The van der Waals surface area contributed by atoms with E-state index in [9.17, 15) is 9.59 Å². The van der Waals surface area contributed by atoms with Crippen molar-refractivity contribution in [2.45, 2.75) is 51.5 Å². The number of carbonyl (C=O) groups is 1. The Kier molecular flexibility index (Phi) is 3.85. The van der Waals surface area contributed by atoms with Gasteiger partial charge in [-0.3, -0.25) is 9.59 Å². The maximum atomic E-state index is 11.9. The van der Waals surface area contributed by atoms with Crippen molar-refractivity contribution in [2.24, 2.45) is 5.92 Å². The Morgan fingerprint density at radius 1 is 1.35 bits per heavy atom. The molecule has 1 aromatic rings. The van der Waals surface area contributed by atoms with Crippen LogP contribution in [-0.2, 0) is 24.2 Å². The van der Waals surface area contributed by atoms with Gasteiger partial charge in [-0.25, -0.2) is 4.68 Å². The molecule has 108 valence electrons. The molecule has 0 unspecified atom stereocenters. The fourth-order valence-corrected chi connectivity index (χ4v) is 2.72. The minimum atomic E-state index is -0.0536. The van der Waals surface area contributed by atoms with E-state index in [2.05, 4.69) is 10.4 Å². The molecule has 20 heavy (non-hydrogen) atoms. The molecule has 2 aliphatic rings. The van der Waals surface area contributed by atoms with Crippen LogP contribution in [0.25, 0.3) is 0 Å². The van der Waals surface area contributed by atoms with Crippen molar-refractivity contribution in [1.82, 2.24) is 15.1 Å². The monoisotopic (exact) mass is 275 g/mol. The Bertz CT molecular complexity index is 561. The molecular weight excluding hydrogens is 254 g/mol. The van der Waals surface area contributed by atoms with Crippen molar-refractivity contribution in [2.75, 3.05) is 6.54 Å². The fourth-order valence-electron chi connectivity index (χ4n) is 2.72. The van der Waals surface area contributed by atoms with E-state index in [4.69, 9.17) is 0 Å². The number of aryl methyl sites for hydroxylation is 2. The maximum absolute atomic E-state index is 11.9. The van der Waals surface area contributed by atoms with Crippen LogP contribution in [0.5, 0.6) is 0 Å². The van der Waals surface area contributed by atoms with Gasteiger partial charge < -0.3 is 5.32 Å². The average Bonchev–Trinajstić information content (AvgIpc) is 3.23. The smallest absolute Gasteiger partial charge is 0.267 e. The van der Waals surface area contributed by atoms with Gasteiger partial charge in [0, 0.05) is 19.0 Å². The van der Waals surface area contributed by atoms with Crippen molar-refractivity contribution in [1.29, 1.82) is 0 Å². The molecule has 3 rings (SSSR count). The summed E-state index contributed by atoms with van der Waals surface area (Å²) in [7, 11) is 0. The van der Waals surface area contributed by atoms with E-state index in [1.807, 2.05) is 0 Å². The highest BCUT2D eigenvalue weighted by Crippen LogP contribution is 2.31. The molecule has 0 aliphatic heterocycles. The van der Waals surface area contributed by atoms with Gasteiger partial charge in [0.05, 0.1) is 12.2 Å². The molecule has 2 aliphatic carbocycles. The summed E-state index contributed by atoms with van der Waals surface area (Å²) in [6, 6.07) is 1.72. The number of fused-ring (bicyclic) bond motifs is 1. The van der Waals surface area contributed by atoms with Crippen molar-refractivity contribution in [3.63, 3.8) is 0 Å². The molecule has 1 heterocycles. The van der Waals surface area contributed by atoms with E-state index in [0.717, 1.165) is 36.9 Å². The van der Waals surface area contributed by atoms with Crippen LogP contribution in [0.3, 0.4) is 0 Å². The number of rotatable bonds is 5. The maximum Gasteiger partial charge on any atom is 0.267 e. The molecule has 0 bridgehead atoms. The number of hydrogen-bond acceptors (Lipinski definition) is 3. The second-order valence-electron chi connectivity index (χ2n) is 5.88. The summed E-state index contributed by atoms with van der Waals surface area (Å²) in [5.41, 5.74) is 2.11. The third-order valence-electron chi connectivity index (χ3n) is 4.09. The van der Waals surface area contributed by atoms with E-state index in [-0.39, 0.29) is 11.5 Å². The third-order valence-corrected chi connectivity index (χ3v) is 4.09. The second kappa shape index (κ2) is 5.77. The minimum Gasteiger partial charge on any atom is -0.354 e. The average molecular weight is 275 g/mol. The lowest BCUT2D eigenvalue weighted by atomic mass is 9.97. The molecule has 1 saturated carbocycles. The topological polar surface area (TPSA) is 64.0 Å². The lowest BCUT2D eigenvalue weighted by molar-refractivity contribution is -0.121. The normalized spacial score (nSPS) is 17.6. The van der Waals surface area contributed by atoms with E-state index < -0.39 is 0 Å². The Hall–Kier alpha value is -1.65. The van der Waals surface area contributed by atoms with Crippen LogP contribution in [0.2, 0.25) is 0 Å². The first-order valence-corrected chi connectivity index (χ1v) is 7.59. The first kappa shape index (κ1) is 13.3. The Labute approximate surface area is 118 Å². The SMILES string of the molecule is O=C(CC1CC1)NCCn1nc2c(cc1=O)CCCC2. The number of hydrogen-bond donors (Lipinski definition) is 1. The molecule has 0 aromatic carbocycles. The third kappa shape index (κ3) is 3.26. The Balaban J connectivity index is 1.56. The molecule has 1 N–H and O–H groups in total. The molecule has 1 aromatic heterocycles. The number of aromatic nitrogens is 2. The summed E-state index contributed by atoms with van der Waals surface area (Å²) < 4.78 is 1.49. The van der Waals surface area contributed by atoms with Crippen LogP contribution >= 0.6 is 0 Å². The first-order chi connectivity index (χ1) is 9.72. The summed E-state index contributed by atoms with van der Waals surface area (Å²) in [5.74, 6) is 0.693. The van der Waals surface area contributed by atoms with E-state index >= 15 is 0 Å². The van der Waals surface area contributed by atoms with Crippen molar-refractivity contribution >= 4 is 5.91 Å². The minimum absolute atomic E-state index is 0.0536. The first-order valence-electron chi connectivity index (χ1n) is 7.59. The zero-order chi connectivity index (χ0) is 13.9. The van der Waals surface area contributed by atoms with Gasteiger partial charge in [-0.05, 0) is 50.0 Å². The van der Waals surface area contributed by atoms with Gasteiger partial charge in [0.15, 0.2) is 0 Å². The van der Waals surface area contributed by atoms with Gasteiger partial charge in [0.25, 0.3) is 5.56 Å². The number of nitrogens with zero attached hydrogens (tertiary/aromatic N) is 2. The van der Waals surface area contributed by atoms with Crippen molar-refractivity contribution in [3.05, 3.63) is 27.7 Å². The van der Waals surface area contributed by atoms with Crippen LogP contribution in [0.1, 0.15) is 43.4 Å². The van der Waals surface area contributed by atoms with Crippen molar-refractivity contribution in [3.8, 4) is 0 Å². The second-order valence-corrected chi connectivity index (χ2v) is 5.88. The summed E-state index contributed by atoms with van der Waals surface area (Å²) >= 11 is 0. The van der Waals surface area contributed by atoms with Gasteiger partial charge in [0.1, 0.15) is 0 Å². The van der Waals surface area contributed by atoms with Gasteiger partial charge in [0.2, 0.25) is 5.91 Å². The van der Waals surface area contributed by atoms with Crippen LogP contribution in [0, 0.1) is 5.92 Å². The van der Waals surface area contributed by atoms with Crippen LogP contribution in [0.15, 0.2) is 10.9 Å². The molecule has 5 heteroatoms. The predicted molar refractivity (Wildman–Crippen MR) is 75.5 cm³/mol. The van der Waals surface area contributed by atoms with Gasteiger partial charge in [-0.1, -0.05) is 0 Å². The molecule has 1 amide bonds. The predicted octanol–water partition coefficient (Wildman–Crippen LogP) is 1.04. The Morgan fingerprint density at radius 2 is 2.15 bits per heavy atom. The number of nitrogens with one attached hydrogen (secondary N) is 1. The lowest BCUT2D eigenvalue weighted by Gasteiger charge is -2.16. The molecule has 0 atom stereocenters. The molecular formula is C15H21N3O2. The fraction of sp³-hybridized carbons (Fsp3) is 0.667. The molecule has 1 fully saturated rings. The van der Waals surface area contributed by atoms with Crippen LogP contribution in [0.4, 0.5) is 0 Å². The summed E-state index contributed by atoms with van der Waals surface area (Å²) in [6.07, 6.45) is 7.22. The zero-order valence-corrected chi connectivity index (χ0v) is 11.7. The van der Waals surface area contributed by atoms with E-state index in [0.29, 0.717) is 25.4 Å². The summed E-state index contributed by atoms with van der Waals surface area (Å²) in [6.45, 7) is 0.944. The van der Waals surface area contributed by atoms with Crippen LogP contribution in [-0.4, -0.2) is 22.2 Å². The van der Waals surface area contributed by atoms with Gasteiger partial charge in [-0.2, -0.15) is 5.10 Å². The highest BCUT2D eigenvalue weighted by Gasteiger charge is 2.24. The summed E-state index contributed by atoms with van der Waals surface area (Å²) in [5, 5.41) is 7.31. The molecule has 0 saturated heterocycles. The van der Waals surface area contributed by atoms with Gasteiger partial charge >= 0.3 is 0 Å². The largest absolute Gasteiger partial charge is 0.354 e. The lowest BCUT2D eigenvalue weighted by Crippen LogP contribution is -2.33. The van der Waals surface area contributed by atoms with E-state index in [1.54, 1.807) is 6.07 Å². The van der Waals surface area contributed by atoms with Crippen LogP contribution < -0.4 is 10.9 Å². The molecule has 5 nitrogen and oxygen atoms in total. The standard InChI is InChI=1S/C15H21N3O2/c19-14(9-11-5-6-11)16-7-8-18-15(20)10-12-3-1-2-4-13(12)17-18/h10-11H,1-9H2,(H,16,19). The van der Waals surface area contributed by atoms with E-state index in [1.165, 1.54) is 17.5 Å². The summed E-state index contributed by atoms with van der Waals surface area (Å²) in [4.78, 5) is 23.5. The number of amides is 1.